The van der Waals surface area contributed by atoms with Crippen molar-refractivity contribution < 1.29 is 9.53 Å². The second-order valence-electron chi connectivity index (χ2n) is 6.51. The van der Waals surface area contributed by atoms with E-state index in [0.717, 1.165) is 39.0 Å². The predicted octanol–water partition coefficient (Wildman–Crippen LogP) is 1.94. The van der Waals surface area contributed by atoms with Gasteiger partial charge in [-0.15, -0.1) is 24.8 Å². The van der Waals surface area contributed by atoms with E-state index in [-0.39, 0.29) is 36.8 Å². The highest BCUT2D eigenvalue weighted by Gasteiger charge is 2.30. The maximum Gasteiger partial charge on any atom is 0.253 e. The standard InChI is InChI=1S/C18H27N3O2.2ClH/c1-20(18(22)17-13-19-9-12-23-17)16-7-10-21(11-8-16)14-15-5-3-2-4-6-15;;/h2-6,16-17,19H,7-14H2,1H3;2*1H. The molecule has 3 rings (SSSR count). The molecule has 0 bridgehead atoms. The van der Waals surface area contributed by atoms with Gasteiger partial charge in [0.1, 0.15) is 6.10 Å². The first-order valence-electron chi connectivity index (χ1n) is 8.59. The first-order chi connectivity index (χ1) is 11.2. The molecule has 0 saturated carbocycles. The van der Waals surface area contributed by atoms with E-state index in [0.29, 0.717) is 19.2 Å². The van der Waals surface area contributed by atoms with E-state index in [9.17, 15) is 4.79 Å². The molecule has 0 aromatic heterocycles. The molecule has 1 atom stereocenters. The number of nitrogens with one attached hydrogen (secondary N) is 1. The van der Waals surface area contributed by atoms with Crippen LogP contribution in [0.25, 0.3) is 0 Å². The summed E-state index contributed by atoms with van der Waals surface area (Å²) in [7, 11) is 1.93. The molecule has 2 heterocycles. The van der Waals surface area contributed by atoms with Crippen LogP contribution in [0.2, 0.25) is 0 Å². The Morgan fingerprint density at radius 1 is 1.24 bits per heavy atom. The molecule has 7 heteroatoms. The Morgan fingerprint density at radius 3 is 2.52 bits per heavy atom. The van der Waals surface area contributed by atoms with Crippen molar-refractivity contribution in [2.24, 2.45) is 0 Å². The molecule has 2 saturated heterocycles. The summed E-state index contributed by atoms with van der Waals surface area (Å²) in [5.41, 5.74) is 1.36. The molecule has 2 aliphatic rings. The molecule has 2 fully saturated rings. The van der Waals surface area contributed by atoms with Gasteiger partial charge in [-0.25, -0.2) is 0 Å². The average molecular weight is 390 g/mol. The summed E-state index contributed by atoms with van der Waals surface area (Å²) < 4.78 is 5.59. The van der Waals surface area contributed by atoms with Crippen molar-refractivity contribution in [2.75, 3.05) is 39.8 Å². The van der Waals surface area contributed by atoms with Gasteiger partial charge >= 0.3 is 0 Å². The van der Waals surface area contributed by atoms with Gasteiger partial charge in [-0.1, -0.05) is 30.3 Å². The van der Waals surface area contributed by atoms with Crippen molar-refractivity contribution >= 4 is 30.7 Å². The number of carbonyl (C=O) groups is 1. The van der Waals surface area contributed by atoms with Crippen LogP contribution in [-0.2, 0) is 16.1 Å². The fourth-order valence-corrected chi connectivity index (χ4v) is 3.44. The molecule has 1 N–H and O–H groups in total. The van der Waals surface area contributed by atoms with Gasteiger partial charge in [-0.3, -0.25) is 9.69 Å². The van der Waals surface area contributed by atoms with Gasteiger partial charge in [-0.2, -0.15) is 0 Å². The lowest BCUT2D eigenvalue weighted by Gasteiger charge is -2.38. The Hall–Kier alpha value is -0.850. The summed E-state index contributed by atoms with van der Waals surface area (Å²) in [6, 6.07) is 10.9. The largest absolute Gasteiger partial charge is 0.366 e. The number of morpholine rings is 1. The summed E-state index contributed by atoms with van der Waals surface area (Å²) >= 11 is 0. The quantitative estimate of drug-likeness (QED) is 0.854. The number of rotatable bonds is 4. The molecule has 1 aromatic rings. The van der Waals surface area contributed by atoms with Crippen molar-refractivity contribution in [3.8, 4) is 0 Å². The van der Waals surface area contributed by atoms with E-state index < -0.39 is 0 Å². The third-order valence-electron chi connectivity index (χ3n) is 4.90. The zero-order valence-corrected chi connectivity index (χ0v) is 16.4. The number of hydrogen-bond donors (Lipinski definition) is 1. The van der Waals surface area contributed by atoms with E-state index in [4.69, 9.17) is 4.74 Å². The lowest BCUT2D eigenvalue weighted by Crippen LogP contribution is -2.53. The number of hydrogen-bond acceptors (Lipinski definition) is 4. The van der Waals surface area contributed by atoms with Crippen LogP contribution in [0.1, 0.15) is 18.4 Å². The summed E-state index contributed by atoms with van der Waals surface area (Å²) in [6.07, 6.45) is 1.76. The Balaban J connectivity index is 0.00000156. The SMILES string of the molecule is CN(C(=O)C1CNCCO1)C1CCN(Cc2ccccc2)CC1.Cl.Cl. The maximum atomic E-state index is 12.5. The van der Waals surface area contributed by atoms with Crippen LogP contribution in [0, 0.1) is 0 Å². The Labute approximate surface area is 162 Å². The van der Waals surface area contributed by atoms with Gasteiger partial charge in [0.05, 0.1) is 6.61 Å². The zero-order valence-electron chi connectivity index (χ0n) is 14.7. The monoisotopic (exact) mass is 389 g/mol. The molecule has 5 nitrogen and oxygen atoms in total. The third kappa shape index (κ3) is 6.12. The minimum absolute atomic E-state index is 0. The van der Waals surface area contributed by atoms with Crippen LogP contribution >= 0.6 is 24.8 Å². The third-order valence-corrected chi connectivity index (χ3v) is 4.90. The molecule has 1 aromatic carbocycles. The first-order valence-corrected chi connectivity index (χ1v) is 8.59. The molecule has 1 amide bonds. The highest BCUT2D eigenvalue weighted by Crippen LogP contribution is 2.18. The van der Waals surface area contributed by atoms with E-state index in [1.165, 1.54) is 5.56 Å². The van der Waals surface area contributed by atoms with Crippen LogP contribution < -0.4 is 5.32 Å². The van der Waals surface area contributed by atoms with E-state index in [1.807, 2.05) is 11.9 Å². The van der Waals surface area contributed by atoms with Gasteiger partial charge in [0.2, 0.25) is 0 Å². The van der Waals surface area contributed by atoms with Gasteiger partial charge < -0.3 is 15.0 Å². The van der Waals surface area contributed by atoms with Gasteiger partial charge in [0.15, 0.2) is 0 Å². The summed E-state index contributed by atoms with van der Waals surface area (Å²) in [6.45, 7) is 5.18. The topological polar surface area (TPSA) is 44.8 Å². The normalized spacial score (nSPS) is 21.7. The maximum absolute atomic E-state index is 12.5. The van der Waals surface area contributed by atoms with E-state index in [1.54, 1.807) is 0 Å². The Bertz CT molecular complexity index is 504. The van der Waals surface area contributed by atoms with Crippen LogP contribution in [0.3, 0.4) is 0 Å². The Kier molecular flexibility index (Phi) is 9.75. The van der Waals surface area contributed by atoms with Crippen molar-refractivity contribution in [3.05, 3.63) is 35.9 Å². The first kappa shape index (κ1) is 22.2. The molecule has 0 spiro atoms. The molecule has 25 heavy (non-hydrogen) atoms. The van der Waals surface area contributed by atoms with E-state index in [2.05, 4.69) is 40.5 Å². The van der Waals surface area contributed by atoms with Crippen LogP contribution in [0.15, 0.2) is 30.3 Å². The number of amides is 1. The average Bonchev–Trinajstić information content (AvgIpc) is 2.63. The van der Waals surface area contributed by atoms with Gasteiger partial charge in [-0.05, 0) is 18.4 Å². The minimum atomic E-state index is -0.309. The van der Waals surface area contributed by atoms with Crippen molar-refractivity contribution in [3.63, 3.8) is 0 Å². The van der Waals surface area contributed by atoms with Crippen LogP contribution in [0.4, 0.5) is 0 Å². The smallest absolute Gasteiger partial charge is 0.253 e. The fraction of sp³-hybridized carbons (Fsp3) is 0.611. The highest BCUT2D eigenvalue weighted by molar-refractivity contribution is 5.85. The van der Waals surface area contributed by atoms with Crippen LogP contribution in [0.5, 0.6) is 0 Å². The number of likely N-dealkylation sites (tertiary alicyclic amines) is 1. The second-order valence-corrected chi connectivity index (χ2v) is 6.51. The molecule has 0 aliphatic carbocycles. The van der Waals surface area contributed by atoms with Crippen molar-refractivity contribution in [2.45, 2.75) is 31.5 Å². The summed E-state index contributed by atoms with van der Waals surface area (Å²) in [5, 5.41) is 3.23. The number of halogens is 2. The summed E-state index contributed by atoms with van der Waals surface area (Å²) in [4.78, 5) is 16.9. The molecular formula is C18H29Cl2N3O2. The molecular weight excluding hydrogens is 361 g/mol. The number of ether oxygens (including phenoxy) is 1. The minimum Gasteiger partial charge on any atom is -0.366 e. The van der Waals surface area contributed by atoms with Crippen molar-refractivity contribution in [1.82, 2.24) is 15.1 Å². The zero-order chi connectivity index (χ0) is 16.1. The van der Waals surface area contributed by atoms with Gasteiger partial charge in [0, 0.05) is 45.8 Å². The van der Waals surface area contributed by atoms with Crippen molar-refractivity contribution in [1.29, 1.82) is 0 Å². The molecule has 2 aliphatic heterocycles. The number of likely N-dealkylation sites (N-methyl/N-ethyl adjacent to an activating group) is 1. The van der Waals surface area contributed by atoms with Crippen LogP contribution in [-0.4, -0.2) is 67.7 Å². The lowest BCUT2D eigenvalue weighted by atomic mass is 10.0. The molecule has 1 unspecified atom stereocenters. The van der Waals surface area contributed by atoms with E-state index >= 15 is 0 Å². The van der Waals surface area contributed by atoms with Gasteiger partial charge in [0.25, 0.3) is 5.91 Å². The summed E-state index contributed by atoms with van der Waals surface area (Å²) in [5.74, 6) is 0.124. The number of nitrogens with zero attached hydrogens (tertiary/aromatic N) is 2. The highest BCUT2D eigenvalue weighted by atomic mass is 35.5. The number of benzene rings is 1. The lowest BCUT2D eigenvalue weighted by molar-refractivity contribution is -0.146. The molecule has 142 valence electrons. The number of piperidine rings is 1. The number of carbonyl (C=O) groups excluding carboxylic acids is 1. The fourth-order valence-electron chi connectivity index (χ4n) is 3.44. The predicted molar refractivity (Wildman–Crippen MR) is 105 cm³/mol. The molecule has 0 radical (unpaired) electrons. The second kappa shape index (κ2) is 11.0. The Morgan fingerprint density at radius 2 is 1.92 bits per heavy atom.